The molecular weight excluding hydrogens is 353 g/mol. The summed E-state index contributed by atoms with van der Waals surface area (Å²) in [5.74, 6) is 0. The fourth-order valence-corrected chi connectivity index (χ4v) is 3.02. The lowest BCUT2D eigenvalue weighted by Crippen LogP contribution is -2.41. The lowest BCUT2D eigenvalue weighted by molar-refractivity contribution is 0.00578. The van der Waals surface area contributed by atoms with Crippen molar-refractivity contribution in [3.05, 3.63) is 29.3 Å². The van der Waals surface area contributed by atoms with Gasteiger partial charge in [-0.05, 0) is 78.4 Å². The maximum atomic E-state index is 12.6. The smallest absolute Gasteiger partial charge is 0.444 e. The van der Waals surface area contributed by atoms with Gasteiger partial charge in [-0.3, -0.25) is 0 Å². The fraction of sp³-hybridized carbons (Fsp3) is 0.682. The van der Waals surface area contributed by atoms with Crippen molar-refractivity contribution in [2.24, 2.45) is 0 Å². The summed E-state index contributed by atoms with van der Waals surface area (Å²) >= 11 is 0. The molecule has 0 aromatic heterocycles. The van der Waals surface area contributed by atoms with Gasteiger partial charge in [-0.2, -0.15) is 0 Å². The molecule has 1 aromatic rings. The normalized spacial score (nSPS) is 18.2. The van der Waals surface area contributed by atoms with Crippen LogP contribution >= 0.6 is 0 Å². The minimum Gasteiger partial charge on any atom is -0.444 e. The number of ether oxygens (including phenoxy) is 1. The number of hydrogen-bond donors (Lipinski definition) is 0. The molecule has 1 amide bonds. The monoisotopic (exact) mass is 389 g/mol. The van der Waals surface area contributed by atoms with Crippen molar-refractivity contribution in [2.75, 3.05) is 6.54 Å². The number of amides is 1. The second-order valence-electron chi connectivity index (χ2n) is 9.68. The molecule has 1 aromatic carbocycles. The van der Waals surface area contributed by atoms with Gasteiger partial charge >= 0.3 is 13.2 Å². The third-order valence-corrected chi connectivity index (χ3v) is 5.41. The Morgan fingerprint density at radius 2 is 1.71 bits per heavy atom. The van der Waals surface area contributed by atoms with Crippen molar-refractivity contribution in [2.45, 2.75) is 92.1 Å². The van der Waals surface area contributed by atoms with Gasteiger partial charge in [0, 0.05) is 13.1 Å². The zero-order chi connectivity index (χ0) is 21.3. The number of carbonyl (C=O) groups is 1. The molecule has 0 N–H and O–H groups in total. The van der Waals surface area contributed by atoms with E-state index in [-0.39, 0.29) is 17.3 Å². The average Bonchev–Trinajstić information content (AvgIpc) is 2.75. The topological polar surface area (TPSA) is 48.0 Å². The summed E-state index contributed by atoms with van der Waals surface area (Å²) in [4.78, 5) is 14.4. The standard InChI is InChI=1S/C22H36BNO4/c1-10-13-24(19(25)26-20(3,4)5)15-17-14-18(12-11-16(17)2)23-27-21(6,7)22(8,9)28-23/h11-12,14H,10,13,15H2,1-9H3. The Balaban J connectivity index is 2.23. The second kappa shape index (κ2) is 8.07. The molecule has 0 spiro atoms. The van der Waals surface area contributed by atoms with E-state index >= 15 is 0 Å². The first-order valence-corrected chi connectivity index (χ1v) is 10.2. The van der Waals surface area contributed by atoms with Crippen LogP contribution in [0.2, 0.25) is 0 Å². The molecule has 1 heterocycles. The first-order valence-electron chi connectivity index (χ1n) is 10.2. The molecule has 0 bridgehead atoms. The van der Waals surface area contributed by atoms with E-state index in [9.17, 15) is 4.79 Å². The van der Waals surface area contributed by atoms with Gasteiger partial charge in [0.15, 0.2) is 0 Å². The second-order valence-corrected chi connectivity index (χ2v) is 9.68. The quantitative estimate of drug-likeness (QED) is 0.699. The first-order chi connectivity index (χ1) is 12.8. The molecular formula is C22H36BNO4. The minimum atomic E-state index is -0.511. The summed E-state index contributed by atoms with van der Waals surface area (Å²) in [5.41, 5.74) is 1.90. The highest BCUT2D eigenvalue weighted by molar-refractivity contribution is 6.62. The highest BCUT2D eigenvalue weighted by Gasteiger charge is 2.51. The number of nitrogens with zero attached hydrogens (tertiary/aromatic N) is 1. The van der Waals surface area contributed by atoms with Crippen molar-refractivity contribution in [1.82, 2.24) is 4.90 Å². The largest absolute Gasteiger partial charge is 0.494 e. The van der Waals surface area contributed by atoms with Crippen LogP contribution in [-0.2, 0) is 20.6 Å². The summed E-state index contributed by atoms with van der Waals surface area (Å²) in [6.45, 7) is 19.1. The molecule has 1 fully saturated rings. The lowest BCUT2D eigenvalue weighted by atomic mass is 9.77. The highest BCUT2D eigenvalue weighted by atomic mass is 16.7. The third kappa shape index (κ3) is 5.29. The van der Waals surface area contributed by atoms with E-state index in [1.807, 2.05) is 54.5 Å². The van der Waals surface area contributed by atoms with Crippen molar-refractivity contribution in [3.8, 4) is 0 Å². The van der Waals surface area contributed by atoms with Crippen molar-refractivity contribution in [1.29, 1.82) is 0 Å². The lowest BCUT2D eigenvalue weighted by Gasteiger charge is -2.32. The van der Waals surface area contributed by atoms with E-state index in [2.05, 4.69) is 26.0 Å². The molecule has 156 valence electrons. The Kier molecular flexibility index (Phi) is 6.56. The van der Waals surface area contributed by atoms with E-state index < -0.39 is 12.7 Å². The molecule has 5 nitrogen and oxygen atoms in total. The van der Waals surface area contributed by atoms with Gasteiger partial charge < -0.3 is 18.9 Å². The number of hydrogen-bond acceptors (Lipinski definition) is 4. The van der Waals surface area contributed by atoms with Crippen LogP contribution in [0.5, 0.6) is 0 Å². The molecule has 28 heavy (non-hydrogen) atoms. The fourth-order valence-electron chi connectivity index (χ4n) is 3.02. The van der Waals surface area contributed by atoms with E-state index in [0.717, 1.165) is 23.0 Å². The summed E-state index contributed by atoms with van der Waals surface area (Å²) in [5, 5.41) is 0. The van der Waals surface area contributed by atoms with Crippen molar-refractivity contribution >= 4 is 18.7 Å². The van der Waals surface area contributed by atoms with Crippen LogP contribution in [-0.4, -0.2) is 41.5 Å². The first kappa shape index (κ1) is 22.8. The van der Waals surface area contributed by atoms with Gasteiger partial charge in [0.1, 0.15) is 5.60 Å². The summed E-state index contributed by atoms with van der Waals surface area (Å²) in [6.07, 6.45) is 0.588. The molecule has 1 saturated heterocycles. The third-order valence-electron chi connectivity index (χ3n) is 5.41. The van der Waals surface area contributed by atoms with Gasteiger partial charge in [0.25, 0.3) is 0 Å². The molecule has 0 atom stereocenters. The number of benzene rings is 1. The summed E-state index contributed by atoms with van der Waals surface area (Å²) in [6, 6.07) is 6.19. The Morgan fingerprint density at radius 3 is 2.21 bits per heavy atom. The minimum absolute atomic E-state index is 0.283. The Bertz CT molecular complexity index is 693. The van der Waals surface area contributed by atoms with Crippen molar-refractivity contribution in [3.63, 3.8) is 0 Å². The molecule has 2 rings (SSSR count). The predicted octanol–water partition coefficient (Wildman–Crippen LogP) is 4.44. The van der Waals surface area contributed by atoms with Crippen LogP contribution < -0.4 is 5.46 Å². The van der Waals surface area contributed by atoms with E-state index in [1.165, 1.54) is 0 Å². The summed E-state index contributed by atoms with van der Waals surface area (Å²) < 4.78 is 18.0. The van der Waals surface area contributed by atoms with Gasteiger partial charge in [0.05, 0.1) is 11.2 Å². The molecule has 0 saturated carbocycles. The van der Waals surface area contributed by atoms with Gasteiger partial charge in [-0.25, -0.2) is 4.79 Å². The van der Waals surface area contributed by atoms with E-state index in [1.54, 1.807) is 4.90 Å². The van der Waals surface area contributed by atoms with E-state index in [0.29, 0.717) is 13.1 Å². The Morgan fingerprint density at radius 1 is 1.14 bits per heavy atom. The van der Waals surface area contributed by atoms with Crippen LogP contribution in [0.3, 0.4) is 0 Å². The highest BCUT2D eigenvalue weighted by Crippen LogP contribution is 2.36. The SMILES string of the molecule is CCCN(Cc1cc(B2OC(C)(C)C(C)(C)O2)ccc1C)C(=O)OC(C)(C)C. The molecule has 1 aliphatic rings. The van der Waals surface area contributed by atoms with Crippen LogP contribution in [0.1, 0.15) is 72.9 Å². The summed E-state index contributed by atoms with van der Waals surface area (Å²) in [7, 11) is -0.412. The zero-order valence-corrected chi connectivity index (χ0v) is 19.0. The molecule has 0 aliphatic carbocycles. The Hall–Kier alpha value is -1.53. The van der Waals surface area contributed by atoms with Crippen molar-refractivity contribution < 1.29 is 18.8 Å². The number of aryl methyl sites for hydroxylation is 1. The van der Waals surface area contributed by atoms with Crippen LogP contribution in [0.15, 0.2) is 18.2 Å². The maximum absolute atomic E-state index is 12.6. The molecule has 6 heteroatoms. The number of rotatable bonds is 5. The Labute approximate surface area is 170 Å². The van der Waals surface area contributed by atoms with Crippen LogP contribution in [0.4, 0.5) is 4.79 Å². The maximum Gasteiger partial charge on any atom is 0.494 e. The zero-order valence-electron chi connectivity index (χ0n) is 19.0. The predicted molar refractivity (Wildman–Crippen MR) is 114 cm³/mol. The van der Waals surface area contributed by atoms with Crippen LogP contribution in [0.25, 0.3) is 0 Å². The number of carbonyl (C=O) groups excluding carboxylic acids is 1. The van der Waals surface area contributed by atoms with Crippen LogP contribution in [0, 0.1) is 6.92 Å². The van der Waals surface area contributed by atoms with E-state index in [4.69, 9.17) is 14.0 Å². The van der Waals surface area contributed by atoms with Gasteiger partial charge in [-0.15, -0.1) is 0 Å². The average molecular weight is 389 g/mol. The molecule has 0 radical (unpaired) electrons. The van der Waals surface area contributed by atoms with Gasteiger partial charge in [0.2, 0.25) is 0 Å². The molecule has 0 unspecified atom stereocenters. The van der Waals surface area contributed by atoms with Gasteiger partial charge in [-0.1, -0.05) is 25.1 Å². The molecule has 1 aliphatic heterocycles.